The quantitative estimate of drug-likeness (QED) is 0.246. The molecular formula is C34H32Cl2F3N3O4. The number of alkyl halides is 3. The van der Waals surface area contributed by atoms with Crippen LogP contribution in [0.4, 0.5) is 18.9 Å². The molecule has 0 radical (unpaired) electrons. The van der Waals surface area contributed by atoms with Gasteiger partial charge in [0.1, 0.15) is 0 Å². The van der Waals surface area contributed by atoms with E-state index in [-0.39, 0.29) is 31.4 Å². The van der Waals surface area contributed by atoms with Gasteiger partial charge in [-0.1, -0.05) is 47.5 Å². The molecular weight excluding hydrogens is 642 g/mol. The first-order valence-electron chi connectivity index (χ1n) is 14.8. The summed E-state index contributed by atoms with van der Waals surface area (Å²) in [5.74, 6) is -1.51. The van der Waals surface area contributed by atoms with E-state index in [1.807, 2.05) is 4.90 Å². The Morgan fingerprint density at radius 2 is 1.65 bits per heavy atom. The number of esters is 1. The lowest BCUT2D eigenvalue weighted by Crippen LogP contribution is -2.48. The van der Waals surface area contributed by atoms with Gasteiger partial charge in [-0.3, -0.25) is 9.59 Å². The minimum absolute atomic E-state index is 0.0121. The summed E-state index contributed by atoms with van der Waals surface area (Å²) in [5.41, 5.74) is 2.34. The molecule has 12 heteroatoms. The zero-order valence-corrected chi connectivity index (χ0v) is 26.8. The minimum atomic E-state index is -4.43. The molecule has 1 fully saturated rings. The van der Waals surface area contributed by atoms with E-state index in [0.29, 0.717) is 69.9 Å². The number of amides is 2. The summed E-state index contributed by atoms with van der Waals surface area (Å²) in [6.45, 7) is 5.15. The van der Waals surface area contributed by atoms with Crippen LogP contribution in [0.15, 0.2) is 78.0 Å². The van der Waals surface area contributed by atoms with E-state index in [2.05, 4.69) is 0 Å². The molecule has 242 valence electrons. The van der Waals surface area contributed by atoms with Gasteiger partial charge in [0, 0.05) is 55.5 Å². The molecule has 1 atom stereocenters. The highest BCUT2D eigenvalue weighted by Crippen LogP contribution is 2.39. The van der Waals surface area contributed by atoms with Crippen molar-refractivity contribution in [1.82, 2.24) is 9.80 Å². The van der Waals surface area contributed by atoms with Crippen LogP contribution in [0.3, 0.4) is 0 Å². The van der Waals surface area contributed by atoms with Gasteiger partial charge in [0.2, 0.25) is 5.91 Å². The Balaban J connectivity index is 1.32. The lowest BCUT2D eigenvalue weighted by atomic mass is 9.83. The molecule has 46 heavy (non-hydrogen) atoms. The maximum Gasteiger partial charge on any atom is 0.416 e. The van der Waals surface area contributed by atoms with Crippen LogP contribution in [-0.2, 0) is 27.0 Å². The molecule has 2 heterocycles. The van der Waals surface area contributed by atoms with Crippen molar-refractivity contribution in [3.63, 3.8) is 0 Å². The number of halogens is 5. The Hall–Kier alpha value is -4.02. The third kappa shape index (κ3) is 7.18. The second-order valence-electron chi connectivity index (χ2n) is 11.2. The molecule has 3 aromatic rings. The summed E-state index contributed by atoms with van der Waals surface area (Å²) in [6.07, 6.45) is -4.42. The van der Waals surface area contributed by atoms with Gasteiger partial charge in [-0.2, -0.15) is 13.2 Å². The van der Waals surface area contributed by atoms with Crippen LogP contribution in [0, 0.1) is 0 Å². The van der Waals surface area contributed by atoms with E-state index in [9.17, 15) is 27.6 Å². The summed E-state index contributed by atoms with van der Waals surface area (Å²) in [6, 6.07) is 17.1. The van der Waals surface area contributed by atoms with Crippen LogP contribution in [0.5, 0.6) is 0 Å². The van der Waals surface area contributed by atoms with Gasteiger partial charge in [-0.25, -0.2) is 4.79 Å². The average Bonchev–Trinajstić information content (AvgIpc) is 3.03. The van der Waals surface area contributed by atoms with E-state index < -0.39 is 23.6 Å². The Morgan fingerprint density at radius 1 is 0.935 bits per heavy atom. The number of piperazine rings is 1. The number of anilines is 1. The lowest BCUT2D eigenvalue weighted by molar-refractivity contribution is -0.140. The third-order valence-corrected chi connectivity index (χ3v) is 9.02. The summed E-state index contributed by atoms with van der Waals surface area (Å²) >= 11 is 12.4. The van der Waals surface area contributed by atoms with Gasteiger partial charge in [0.25, 0.3) is 5.91 Å². The predicted octanol–water partition coefficient (Wildman–Crippen LogP) is 7.33. The van der Waals surface area contributed by atoms with Crippen molar-refractivity contribution in [3.8, 4) is 0 Å². The molecule has 0 saturated carbocycles. The second-order valence-corrected chi connectivity index (χ2v) is 12.0. The van der Waals surface area contributed by atoms with E-state index in [0.717, 1.165) is 12.1 Å². The normalized spacial score (nSPS) is 17.4. The first-order valence-corrected chi connectivity index (χ1v) is 15.6. The number of nitrogens with zero attached hydrogens (tertiary/aromatic N) is 3. The van der Waals surface area contributed by atoms with Gasteiger partial charge < -0.3 is 19.4 Å². The van der Waals surface area contributed by atoms with Crippen LogP contribution < -0.4 is 4.90 Å². The smallest absolute Gasteiger partial charge is 0.416 e. The van der Waals surface area contributed by atoms with Crippen molar-refractivity contribution in [2.45, 2.75) is 38.9 Å². The molecule has 2 aliphatic rings. The first kappa shape index (κ1) is 33.3. The molecule has 1 saturated heterocycles. The van der Waals surface area contributed by atoms with Crippen molar-refractivity contribution in [1.29, 1.82) is 0 Å². The number of carbonyl (C=O) groups excluding carboxylic acids is 3. The fourth-order valence-electron chi connectivity index (χ4n) is 5.91. The fourth-order valence-corrected chi connectivity index (χ4v) is 6.21. The Morgan fingerprint density at radius 3 is 2.33 bits per heavy atom. The molecule has 7 nitrogen and oxygen atoms in total. The summed E-state index contributed by atoms with van der Waals surface area (Å²) in [4.78, 5) is 45.1. The molecule has 0 aliphatic carbocycles. The van der Waals surface area contributed by atoms with Crippen molar-refractivity contribution in [3.05, 3.63) is 110 Å². The molecule has 1 unspecified atom stereocenters. The number of allylic oxidation sites excluding steroid dienone is 1. The van der Waals surface area contributed by atoms with Crippen molar-refractivity contribution in [2.75, 3.05) is 37.7 Å². The van der Waals surface area contributed by atoms with E-state index in [4.69, 9.17) is 27.9 Å². The highest BCUT2D eigenvalue weighted by molar-refractivity contribution is 6.42. The number of carbonyl (C=O) groups is 3. The zero-order chi connectivity index (χ0) is 33.2. The molecule has 2 aliphatic heterocycles. The Kier molecular flexibility index (Phi) is 9.98. The van der Waals surface area contributed by atoms with Gasteiger partial charge >= 0.3 is 12.1 Å². The topological polar surface area (TPSA) is 70.2 Å². The monoisotopic (exact) mass is 673 g/mol. The Bertz CT molecular complexity index is 1690. The van der Waals surface area contributed by atoms with Crippen LogP contribution in [-0.4, -0.2) is 60.4 Å². The first-order chi connectivity index (χ1) is 21.9. The lowest BCUT2D eigenvalue weighted by Gasteiger charge is -2.36. The molecule has 5 rings (SSSR count). The highest BCUT2D eigenvalue weighted by Gasteiger charge is 2.37. The van der Waals surface area contributed by atoms with Crippen LogP contribution >= 0.6 is 23.2 Å². The van der Waals surface area contributed by atoms with Gasteiger partial charge in [0.15, 0.2) is 0 Å². The molecule has 0 spiro atoms. The number of benzene rings is 3. The Labute approximate surface area is 275 Å². The van der Waals surface area contributed by atoms with Gasteiger partial charge in [-0.05, 0) is 67.4 Å². The fraction of sp³-hybridized carbons (Fsp3) is 0.324. The number of hydrogen-bond donors (Lipinski definition) is 0. The third-order valence-electron chi connectivity index (χ3n) is 8.28. The second kappa shape index (κ2) is 13.8. The SMILES string of the molecule is CCOC(=O)C1=C(C)N(Cc2cccc(C(=O)N3CCN(c4cccc(C(F)(F)F)c4)CC3)c2)C(=O)CC1c1ccc(Cl)c(Cl)c1. The van der Waals surface area contributed by atoms with E-state index in [1.165, 1.54) is 11.0 Å². The molecule has 0 aromatic heterocycles. The highest BCUT2D eigenvalue weighted by atomic mass is 35.5. The maximum atomic E-state index is 13.5. The molecule has 0 N–H and O–H groups in total. The van der Waals surface area contributed by atoms with Crippen LogP contribution in [0.1, 0.15) is 53.2 Å². The zero-order valence-electron chi connectivity index (χ0n) is 25.2. The average molecular weight is 675 g/mol. The number of rotatable bonds is 7. The molecule has 2 amide bonds. The number of ether oxygens (including phenoxy) is 1. The summed E-state index contributed by atoms with van der Waals surface area (Å²) in [5, 5.41) is 0.674. The van der Waals surface area contributed by atoms with E-state index in [1.54, 1.807) is 67.3 Å². The largest absolute Gasteiger partial charge is 0.463 e. The summed E-state index contributed by atoms with van der Waals surface area (Å²) in [7, 11) is 0. The van der Waals surface area contributed by atoms with Crippen LogP contribution in [0.2, 0.25) is 10.0 Å². The van der Waals surface area contributed by atoms with Gasteiger partial charge in [-0.15, -0.1) is 0 Å². The minimum Gasteiger partial charge on any atom is -0.463 e. The predicted molar refractivity (Wildman–Crippen MR) is 170 cm³/mol. The molecule has 3 aromatic carbocycles. The number of hydrogen-bond acceptors (Lipinski definition) is 5. The van der Waals surface area contributed by atoms with Crippen molar-refractivity contribution in [2.24, 2.45) is 0 Å². The standard InChI is InChI=1S/C34H32Cl2F3N3O4/c1-3-46-33(45)31-21(2)42(30(43)19-27(31)23-10-11-28(35)29(36)17-23)20-22-6-4-7-24(16-22)32(44)41-14-12-40(13-15-41)26-9-5-8-25(18-26)34(37,38)39/h4-11,16-18,27H,3,12-15,19-20H2,1-2H3. The maximum absolute atomic E-state index is 13.5. The molecule has 0 bridgehead atoms. The van der Waals surface area contributed by atoms with Gasteiger partial charge in [0.05, 0.1) is 34.3 Å². The van der Waals surface area contributed by atoms with E-state index >= 15 is 0 Å². The van der Waals surface area contributed by atoms with Crippen molar-refractivity contribution < 1.29 is 32.3 Å². The van der Waals surface area contributed by atoms with Crippen molar-refractivity contribution >= 4 is 46.7 Å². The van der Waals surface area contributed by atoms with Crippen LogP contribution in [0.25, 0.3) is 0 Å². The summed E-state index contributed by atoms with van der Waals surface area (Å²) < 4.78 is 44.9.